The fourth-order valence-corrected chi connectivity index (χ4v) is 4.96. The number of anilines is 1. The van der Waals surface area contributed by atoms with E-state index in [1.54, 1.807) is 6.07 Å². The highest BCUT2D eigenvalue weighted by atomic mass is 32.2. The third-order valence-corrected chi connectivity index (χ3v) is 6.60. The first-order chi connectivity index (χ1) is 11.7. The third-order valence-electron chi connectivity index (χ3n) is 4.22. The molecule has 0 heterocycles. The van der Waals surface area contributed by atoms with Gasteiger partial charge in [-0.05, 0) is 60.7 Å². The average Bonchev–Trinajstić information content (AvgIpc) is 2.54. The molecule has 7 nitrogen and oxygen atoms in total. The second-order valence-electron chi connectivity index (χ2n) is 6.04. The number of fused-ring (bicyclic) bond motifs is 1. The van der Waals surface area contributed by atoms with Crippen molar-refractivity contribution < 1.29 is 16.8 Å². The minimum atomic E-state index is -3.98. The van der Waals surface area contributed by atoms with E-state index < -0.39 is 20.0 Å². The fourth-order valence-electron chi connectivity index (χ4n) is 3.03. The zero-order chi connectivity index (χ0) is 18.2. The molecule has 0 aromatic heterocycles. The Morgan fingerprint density at radius 3 is 2.44 bits per heavy atom. The number of benzene rings is 2. The molecule has 0 spiro atoms. The van der Waals surface area contributed by atoms with Gasteiger partial charge in [-0.25, -0.2) is 26.7 Å². The summed E-state index contributed by atoms with van der Waals surface area (Å²) in [5.74, 6) is 0. The van der Waals surface area contributed by atoms with Crippen molar-refractivity contribution in [1.82, 2.24) is 4.72 Å². The quantitative estimate of drug-likeness (QED) is 0.686. The Balaban J connectivity index is 1.94. The molecule has 0 saturated carbocycles. The largest absolute Gasteiger partial charge is 0.399 e. The summed E-state index contributed by atoms with van der Waals surface area (Å²) >= 11 is 0. The van der Waals surface area contributed by atoms with E-state index in [2.05, 4.69) is 4.72 Å². The van der Waals surface area contributed by atoms with E-state index in [4.69, 9.17) is 10.9 Å². The molecule has 0 fully saturated rings. The lowest BCUT2D eigenvalue weighted by molar-refractivity contribution is 0.507. The molecule has 25 heavy (non-hydrogen) atoms. The molecule has 0 radical (unpaired) electrons. The summed E-state index contributed by atoms with van der Waals surface area (Å²) in [6, 6.07) is 10.1. The van der Waals surface area contributed by atoms with Crippen molar-refractivity contribution in [3.8, 4) is 0 Å². The molecule has 9 heteroatoms. The van der Waals surface area contributed by atoms with Crippen molar-refractivity contribution in [2.45, 2.75) is 35.1 Å². The highest BCUT2D eigenvalue weighted by molar-refractivity contribution is 7.90. The molecule has 3 rings (SSSR count). The number of hydrogen-bond donors (Lipinski definition) is 3. The van der Waals surface area contributed by atoms with E-state index >= 15 is 0 Å². The van der Waals surface area contributed by atoms with Crippen LogP contribution in [0.1, 0.15) is 30.0 Å². The van der Waals surface area contributed by atoms with Crippen LogP contribution < -0.4 is 15.6 Å². The molecule has 0 bridgehead atoms. The molecular formula is C16H19N3O4S2. The minimum Gasteiger partial charge on any atom is -0.399 e. The summed E-state index contributed by atoms with van der Waals surface area (Å²) < 4.78 is 50.9. The third kappa shape index (κ3) is 3.84. The van der Waals surface area contributed by atoms with Crippen molar-refractivity contribution in [3.05, 3.63) is 53.6 Å². The van der Waals surface area contributed by atoms with Gasteiger partial charge in [0, 0.05) is 11.7 Å². The molecule has 1 aliphatic carbocycles. The van der Waals surface area contributed by atoms with E-state index in [0.717, 1.165) is 30.0 Å². The predicted octanol–water partition coefficient (Wildman–Crippen LogP) is 1.27. The first kappa shape index (κ1) is 17.9. The second-order valence-corrected chi connectivity index (χ2v) is 9.32. The van der Waals surface area contributed by atoms with Gasteiger partial charge >= 0.3 is 0 Å². The van der Waals surface area contributed by atoms with Gasteiger partial charge in [-0.1, -0.05) is 12.1 Å². The Morgan fingerprint density at radius 1 is 1.00 bits per heavy atom. The van der Waals surface area contributed by atoms with Crippen LogP contribution in [0.5, 0.6) is 0 Å². The standard InChI is InChI=1S/C16H19N3O4S2/c17-12-7-8-15-11(9-12)3-1-6-16(15)19-25(22,23)14-5-2-4-13(10-14)24(18,20)21/h2,4-5,7-10,16,19H,1,3,6,17H2,(H2,18,20,21). The van der Waals surface area contributed by atoms with Crippen LogP contribution in [0.15, 0.2) is 52.3 Å². The van der Waals surface area contributed by atoms with Gasteiger partial charge < -0.3 is 5.73 Å². The Bertz CT molecular complexity index is 1020. The van der Waals surface area contributed by atoms with Crippen LogP contribution in [0.4, 0.5) is 5.69 Å². The number of primary sulfonamides is 1. The average molecular weight is 381 g/mol. The Hall–Kier alpha value is -1.94. The monoisotopic (exact) mass is 381 g/mol. The highest BCUT2D eigenvalue weighted by Crippen LogP contribution is 2.32. The molecule has 2 aromatic carbocycles. The van der Waals surface area contributed by atoms with Gasteiger partial charge in [0.25, 0.3) is 0 Å². The first-order valence-electron chi connectivity index (χ1n) is 7.70. The number of nitrogen functional groups attached to an aromatic ring is 1. The Labute approximate surface area is 147 Å². The maximum atomic E-state index is 12.7. The van der Waals surface area contributed by atoms with Gasteiger partial charge in [-0.3, -0.25) is 0 Å². The molecule has 1 atom stereocenters. The lowest BCUT2D eigenvalue weighted by atomic mass is 9.88. The van der Waals surface area contributed by atoms with Crippen LogP contribution in [0.2, 0.25) is 0 Å². The van der Waals surface area contributed by atoms with E-state index in [1.165, 1.54) is 18.2 Å². The topological polar surface area (TPSA) is 132 Å². The smallest absolute Gasteiger partial charge is 0.241 e. The summed E-state index contributed by atoms with van der Waals surface area (Å²) in [6.07, 6.45) is 2.34. The molecule has 134 valence electrons. The SMILES string of the molecule is Nc1ccc2c(c1)CCCC2NS(=O)(=O)c1cccc(S(N)(=O)=O)c1. The zero-order valence-electron chi connectivity index (χ0n) is 13.3. The van der Waals surface area contributed by atoms with Gasteiger partial charge in [0.05, 0.1) is 9.79 Å². The number of hydrogen-bond acceptors (Lipinski definition) is 5. The maximum Gasteiger partial charge on any atom is 0.241 e. The fraction of sp³-hybridized carbons (Fsp3) is 0.250. The number of nitrogens with one attached hydrogen (secondary N) is 1. The number of rotatable bonds is 4. The van der Waals surface area contributed by atoms with E-state index in [0.29, 0.717) is 12.1 Å². The number of aryl methyl sites for hydroxylation is 1. The second kappa shape index (κ2) is 6.41. The zero-order valence-corrected chi connectivity index (χ0v) is 15.0. The van der Waals surface area contributed by atoms with Gasteiger partial charge in [-0.15, -0.1) is 0 Å². The molecule has 5 N–H and O–H groups in total. The summed E-state index contributed by atoms with van der Waals surface area (Å²) in [4.78, 5) is -0.381. The molecule has 0 amide bonds. The maximum absolute atomic E-state index is 12.7. The molecule has 1 aliphatic rings. The minimum absolute atomic E-state index is 0.137. The summed E-state index contributed by atoms with van der Waals surface area (Å²) in [5, 5.41) is 5.08. The number of sulfonamides is 2. The summed E-state index contributed by atoms with van der Waals surface area (Å²) in [5.41, 5.74) is 8.36. The van der Waals surface area contributed by atoms with Crippen molar-refractivity contribution >= 4 is 25.7 Å². The van der Waals surface area contributed by atoms with Crippen molar-refractivity contribution in [1.29, 1.82) is 0 Å². The number of nitrogens with two attached hydrogens (primary N) is 2. The molecule has 0 saturated heterocycles. The molecule has 1 unspecified atom stereocenters. The van der Waals surface area contributed by atoms with E-state index in [1.807, 2.05) is 12.1 Å². The van der Waals surface area contributed by atoms with Gasteiger partial charge in [0.1, 0.15) is 0 Å². The van der Waals surface area contributed by atoms with Crippen LogP contribution in [-0.2, 0) is 26.5 Å². The predicted molar refractivity (Wildman–Crippen MR) is 94.7 cm³/mol. The highest BCUT2D eigenvalue weighted by Gasteiger charge is 2.26. The van der Waals surface area contributed by atoms with Crippen LogP contribution in [0, 0.1) is 0 Å². The first-order valence-corrected chi connectivity index (χ1v) is 10.7. The molecule has 0 aliphatic heterocycles. The Morgan fingerprint density at radius 2 is 1.72 bits per heavy atom. The lowest BCUT2D eigenvalue weighted by Crippen LogP contribution is -2.31. The van der Waals surface area contributed by atoms with Crippen LogP contribution in [0.25, 0.3) is 0 Å². The summed E-state index contributed by atoms with van der Waals surface area (Å²) in [7, 11) is -7.87. The molecule has 2 aromatic rings. The van der Waals surface area contributed by atoms with Gasteiger partial charge in [0.15, 0.2) is 0 Å². The Kier molecular flexibility index (Phi) is 4.58. The van der Waals surface area contributed by atoms with Crippen LogP contribution in [-0.4, -0.2) is 16.8 Å². The van der Waals surface area contributed by atoms with Gasteiger partial charge in [-0.2, -0.15) is 0 Å². The van der Waals surface area contributed by atoms with E-state index in [-0.39, 0.29) is 15.8 Å². The van der Waals surface area contributed by atoms with Crippen molar-refractivity contribution in [2.24, 2.45) is 5.14 Å². The molecular weight excluding hydrogens is 362 g/mol. The van der Waals surface area contributed by atoms with Crippen LogP contribution in [0.3, 0.4) is 0 Å². The van der Waals surface area contributed by atoms with E-state index in [9.17, 15) is 16.8 Å². The van der Waals surface area contributed by atoms with Crippen LogP contribution >= 0.6 is 0 Å². The lowest BCUT2D eigenvalue weighted by Gasteiger charge is -2.26. The van der Waals surface area contributed by atoms with Crippen molar-refractivity contribution in [3.63, 3.8) is 0 Å². The van der Waals surface area contributed by atoms with Gasteiger partial charge in [0.2, 0.25) is 20.0 Å². The summed E-state index contributed by atoms with van der Waals surface area (Å²) in [6.45, 7) is 0. The van der Waals surface area contributed by atoms with Crippen molar-refractivity contribution in [2.75, 3.05) is 5.73 Å². The normalized spacial score (nSPS) is 17.9.